The van der Waals surface area contributed by atoms with Crippen molar-refractivity contribution in [2.24, 2.45) is 0 Å². The Labute approximate surface area is 131 Å². The van der Waals surface area contributed by atoms with Gasteiger partial charge in [-0.1, -0.05) is 35.7 Å². The van der Waals surface area contributed by atoms with Crippen LogP contribution in [0.1, 0.15) is 35.9 Å². The number of nitrogen functional groups attached to an aromatic ring is 1. The fourth-order valence-electron chi connectivity index (χ4n) is 2.12. The zero-order valence-electron chi connectivity index (χ0n) is 11.8. The van der Waals surface area contributed by atoms with Crippen LogP contribution in [0, 0.1) is 0 Å². The highest BCUT2D eigenvalue weighted by Crippen LogP contribution is 2.35. The standard InChI is InChI=1S/C15H19BrN2OS/c1-3-4-5-8-18(2)15(19)14-13(17)11-9-10(16)6-7-12(11)20-14/h6-7,9H,3-5,8,17H2,1-2H3. The predicted molar refractivity (Wildman–Crippen MR) is 90.4 cm³/mol. The molecule has 1 amide bonds. The van der Waals surface area contributed by atoms with E-state index in [1.165, 1.54) is 11.3 Å². The highest BCUT2D eigenvalue weighted by atomic mass is 79.9. The number of fused-ring (bicyclic) bond motifs is 1. The number of nitrogens with zero attached hydrogens (tertiary/aromatic N) is 1. The number of anilines is 1. The Balaban J connectivity index is 2.24. The van der Waals surface area contributed by atoms with Gasteiger partial charge in [0.15, 0.2) is 0 Å². The second-order valence-electron chi connectivity index (χ2n) is 4.92. The molecule has 1 aromatic carbocycles. The number of halogens is 1. The molecule has 20 heavy (non-hydrogen) atoms. The molecule has 0 bridgehead atoms. The number of thiophene rings is 1. The third-order valence-electron chi connectivity index (χ3n) is 3.33. The summed E-state index contributed by atoms with van der Waals surface area (Å²) in [6, 6.07) is 5.93. The lowest BCUT2D eigenvalue weighted by molar-refractivity contribution is 0.0798. The molecule has 0 saturated heterocycles. The van der Waals surface area contributed by atoms with Crippen molar-refractivity contribution in [1.29, 1.82) is 0 Å². The molecule has 108 valence electrons. The summed E-state index contributed by atoms with van der Waals surface area (Å²) >= 11 is 4.91. The van der Waals surface area contributed by atoms with Crippen LogP contribution in [-0.2, 0) is 0 Å². The molecule has 0 spiro atoms. The molecule has 1 heterocycles. The van der Waals surface area contributed by atoms with Gasteiger partial charge in [-0.15, -0.1) is 11.3 Å². The molecule has 1 aromatic heterocycles. The van der Waals surface area contributed by atoms with Crippen LogP contribution in [0.4, 0.5) is 5.69 Å². The van der Waals surface area contributed by atoms with E-state index in [2.05, 4.69) is 22.9 Å². The van der Waals surface area contributed by atoms with Crippen LogP contribution < -0.4 is 5.73 Å². The molecule has 2 rings (SSSR count). The number of carbonyl (C=O) groups is 1. The first kappa shape index (κ1) is 15.3. The maximum Gasteiger partial charge on any atom is 0.265 e. The highest BCUT2D eigenvalue weighted by molar-refractivity contribution is 9.10. The van der Waals surface area contributed by atoms with Gasteiger partial charge in [0.1, 0.15) is 4.88 Å². The van der Waals surface area contributed by atoms with E-state index in [9.17, 15) is 4.79 Å². The van der Waals surface area contributed by atoms with Gasteiger partial charge in [-0.3, -0.25) is 4.79 Å². The Hall–Kier alpha value is -1.07. The fraction of sp³-hybridized carbons (Fsp3) is 0.400. The van der Waals surface area contributed by atoms with Crippen LogP contribution in [0.25, 0.3) is 10.1 Å². The van der Waals surface area contributed by atoms with Crippen molar-refractivity contribution in [3.8, 4) is 0 Å². The van der Waals surface area contributed by atoms with E-state index >= 15 is 0 Å². The number of unbranched alkanes of at least 4 members (excludes halogenated alkanes) is 2. The van der Waals surface area contributed by atoms with Crippen LogP contribution in [0.2, 0.25) is 0 Å². The molecule has 3 nitrogen and oxygen atoms in total. The van der Waals surface area contributed by atoms with E-state index in [-0.39, 0.29) is 5.91 Å². The van der Waals surface area contributed by atoms with Crippen LogP contribution in [-0.4, -0.2) is 24.4 Å². The topological polar surface area (TPSA) is 46.3 Å². The Kier molecular flexibility index (Phi) is 5.05. The first-order valence-electron chi connectivity index (χ1n) is 6.77. The molecule has 2 aromatic rings. The molecule has 2 N–H and O–H groups in total. The van der Waals surface area contributed by atoms with Crippen molar-refractivity contribution in [2.75, 3.05) is 19.3 Å². The molecular formula is C15H19BrN2OS. The van der Waals surface area contributed by atoms with E-state index in [1.807, 2.05) is 25.2 Å². The normalized spacial score (nSPS) is 10.9. The van der Waals surface area contributed by atoms with Gasteiger partial charge in [-0.2, -0.15) is 0 Å². The van der Waals surface area contributed by atoms with Crippen molar-refractivity contribution >= 4 is 48.9 Å². The second-order valence-corrected chi connectivity index (χ2v) is 6.89. The van der Waals surface area contributed by atoms with Gasteiger partial charge in [-0.05, 0) is 24.6 Å². The highest BCUT2D eigenvalue weighted by Gasteiger charge is 2.19. The lowest BCUT2D eigenvalue weighted by Gasteiger charge is -2.16. The average Bonchev–Trinajstić information content (AvgIpc) is 2.75. The van der Waals surface area contributed by atoms with Gasteiger partial charge in [0.05, 0.1) is 5.69 Å². The van der Waals surface area contributed by atoms with Crippen LogP contribution in [0.3, 0.4) is 0 Å². The summed E-state index contributed by atoms with van der Waals surface area (Å²) < 4.78 is 2.03. The van der Waals surface area contributed by atoms with Gasteiger partial charge < -0.3 is 10.6 Å². The van der Waals surface area contributed by atoms with Gasteiger partial charge >= 0.3 is 0 Å². The maximum absolute atomic E-state index is 12.5. The van der Waals surface area contributed by atoms with Crippen molar-refractivity contribution in [3.05, 3.63) is 27.5 Å². The van der Waals surface area contributed by atoms with Crippen molar-refractivity contribution in [3.63, 3.8) is 0 Å². The first-order chi connectivity index (χ1) is 9.54. The lowest BCUT2D eigenvalue weighted by atomic mass is 10.2. The smallest absolute Gasteiger partial charge is 0.265 e. The molecule has 0 atom stereocenters. The zero-order valence-corrected chi connectivity index (χ0v) is 14.2. The van der Waals surface area contributed by atoms with Gasteiger partial charge in [-0.25, -0.2) is 0 Å². The number of carbonyl (C=O) groups excluding carboxylic acids is 1. The Bertz CT molecular complexity index is 624. The minimum Gasteiger partial charge on any atom is -0.397 e. The third kappa shape index (κ3) is 3.15. The second kappa shape index (κ2) is 6.59. The average molecular weight is 355 g/mol. The Morgan fingerprint density at radius 3 is 2.85 bits per heavy atom. The number of benzene rings is 1. The Morgan fingerprint density at radius 2 is 2.15 bits per heavy atom. The monoisotopic (exact) mass is 354 g/mol. The number of amides is 1. The van der Waals surface area contributed by atoms with Crippen LogP contribution in [0.15, 0.2) is 22.7 Å². The van der Waals surface area contributed by atoms with Crippen molar-refractivity contribution in [2.45, 2.75) is 26.2 Å². The van der Waals surface area contributed by atoms with E-state index < -0.39 is 0 Å². The summed E-state index contributed by atoms with van der Waals surface area (Å²) in [5.74, 6) is 0.0240. The third-order valence-corrected chi connectivity index (χ3v) is 4.99. The number of hydrogen-bond acceptors (Lipinski definition) is 3. The van der Waals surface area contributed by atoms with Gasteiger partial charge in [0, 0.05) is 28.2 Å². The summed E-state index contributed by atoms with van der Waals surface area (Å²) in [4.78, 5) is 14.9. The van der Waals surface area contributed by atoms with Crippen LogP contribution in [0.5, 0.6) is 0 Å². The summed E-state index contributed by atoms with van der Waals surface area (Å²) in [5.41, 5.74) is 6.74. The largest absolute Gasteiger partial charge is 0.397 e. The summed E-state index contributed by atoms with van der Waals surface area (Å²) in [6.07, 6.45) is 3.34. The SMILES string of the molecule is CCCCCN(C)C(=O)c1sc2ccc(Br)cc2c1N. The maximum atomic E-state index is 12.5. The number of rotatable bonds is 5. The lowest BCUT2D eigenvalue weighted by Crippen LogP contribution is -2.27. The minimum absolute atomic E-state index is 0.0240. The predicted octanol–water partition coefficient (Wildman–Crippen LogP) is 4.51. The molecule has 5 heteroatoms. The van der Waals surface area contributed by atoms with E-state index in [0.717, 1.165) is 40.4 Å². The summed E-state index contributed by atoms with van der Waals surface area (Å²) in [5, 5.41) is 0.953. The summed E-state index contributed by atoms with van der Waals surface area (Å²) in [7, 11) is 1.84. The molecule has 0 aliphatic carbocycles. The van der Waals surface area contributed by atoms with E-state index in [1.54, 1.807) is 4.90 Å². The molecule has 0 fully saturated rings. The quantitative estimate of drug-likeness (QED) is 0.803. The van der Waals surface area contributed by atoms with E-state index in [4.69, 9.17) is 5.73 Å². The molecule has 0 saturated carbocycles. The molecular weight excluding hydrogens is 336 g/mol. The molecule has 0 aliphatic rings. The first-order valence-corrected chi connectivity index (χ1v) is 8.38. The molecule has 0 unspecified atom stereocenters. The Morgan fingerprint density at radius 1 is 1.40 bits per heavy atom. The molecule has 0 radical (unpaired) electrons. The number of nitrogens with two attached hydrogens (primary N) is 1. The van der Waals surface area contributed by atoms with Crippen molar-refractivity contribution in [1.82, 2.24) is 4.90 Å². The van der Waals surface area contributed by atoms with Crippen molar-refractivity contribution < 1.29 is 4.79 Å². The summed E-state index contributed by atoms with van der Waals surface area (Å²) in [6.45, 7) is 2.94. The van der Waals surface area contributed by atoms with Gasteiger partial charge in [0.25, 0.3) is 5.91 Å². The van der Waals surface area contributed by atoms with Crippen LogP contribution >= 0.6 is 27.3 Å². The van der Waals surface area contributed by atoms with E-state index in [0.29, 0.717) is 10.6 Å². The van der Waals surface area contributed by atoms with Gasteiger partial charge in [0.2, 0.25) is 0 Å². The molecule has 0 aliphatic heterocycles. The minimum atomic E-state index is 0.0240. The zero-order chi connectivity index (χ0) is 14.7. The number of hydrogen-bond donors (Lipinski definition) is 1. The fourth-order valence-corrected chi connectivity index (χ4v) is 3.58.